The zero-order valence-electron chi connectivity index (χ0n) is 14.5. The summed E-state index contributed by atoms with van der Waals surface area (Å²) in [5, 5.41) is 3.45. The van der Waals surface area contributed by atoms with Crippen LogP contribution in [0.4, 0.5) is 5.69 Å². The van der Waals surface area contributed by atoms with Gasteiger partial charge in [-0.2, -0.15) is 0 Å². The predicted octanol–water partition coefficient (Wildman–Crippen LogP) is 6.01. The van der Waals surface area contributed by atoms with Crippen molar-refractivity contribution in [2.45, 2.75) is 19.8 Å². The van der Waals surface area contributed by atoms with Gasteiger partial charge in [0.15, 0.2) is 5.75 Å². The van der Waals surface area contributed by atoms with Crippen LogP contribution in [0.25, 0.3) is 0 Å². The maximum Gasteiger partial charge on any atom is 0.224 e. The van der Waals surface area contributed by atoms with E-state index in [2.05, 4.69) is 17.4 Å². The zero-order valence-corrected chi connectivity index (χ0v) is 15.3. The molecular formula is C22H20ClNO2. The number of carbonyl (C=O) groups excluding carboxylic acids is 1. The summed E-state index contributed by atoms with van der Waals surface area (Å²) in [5.41, 5.74) is 2.91. The van der Waals surface area contributed by atoms with Crippen molar-refractivity contribution in [3.8, 4) is 11.5 Å². The number of aryl methyl sites for hydroxylation is 2. The van der Waals surface area contributed by atoms with Gasteiger partial charge in [0, 0.05) is 11.4 Å². The lowest BCUT2D eigenvalue weighted by molar-refractivity contribution is -0.116. The van der Waals surface area contributed by atoms with E-state index in [9.17, 15) is 4.79 Å². The van der Waals surface area contributed by atoms with Gasteiger partial charge in [-0.15, -0.1) is 0 Å². The minimum atomic E-state index is -0.0780. The van der Waals surface area contributed by atoms with Gasteiger partial charge in [0.25, 0.3) is 0 Å². The molecule has 3 nitrogen and oxygen atoms in total. The standard InChI is InChI=1S/C22H20ClNO2/c1-16-7-9-17(10-8-16)11-14-22(25)24-20-15-18(23)12-13-21(20)26-19-5-3-2-4-6-19/h2-10,12-13,15H,11,14H2,1H3,(H,24,25). The molecule has 132 valence electrons. The molecule has 0 aliphatic heterocycles. The zero-order chi connectivity index (χ0) is 18.4. The van der Waals surface area contributed by atoms with Gasteiger partial charge in [0.05, 0.1) is 5.69 Å². The smallest absolute Gasteiger partial charge is 0.224 e. The van der Waals surface area contributed by atoms with Crippen LogP contribution in [0.5, 0.6) is 11.5 Å². The summed E-state index contributed by atoms with van der Waals surface area (Å²) in [4.78, 5) is 12.4. The number of rotatable bonds is 6. The average molecular weight is 366 g/mol. The van der Waals surface area contributed by atoms with Crippen molar-refractivity contribution in [2.24, 2.45) is 0 Å². The summed E-state index contributed by atoms with van der Waals surface area (Å²) in [6.45, 7) is 2.05. The molecule has 26 heavy (non-hydrogen) atoms. The van der Waals surface area contributed by atoms with Crippen LogP contribution in [-0.4, -0.2) is 5.91 Å². The van der Waals surface area contributed by atoms with Gasteiger partial charge in [-0.1, -0.05) is 59.6 Å². The number of hydrogen-bond acceptors (Lipinski definition) is 2. The number of hydrogen-bond donors (Lipinski definition) is 1. The second-order valence-corrected chi connectivity index (χ2v) is 6.53. The molecule has 0 aliphatic rings. The molecule has 3 aromatic carbocycles. The van der Waals surface area contributed by atoms with Crippen molar-refractivity contribution in [3.63, 3.8) is 0 Å². The fourth-order valence-electron chi connectivity index (χ4n) is 2.53. The van der Waals surface area contributed by atoms with E-state index in [-0.39, 0.29) is 5.91 Å². The minimum absolute atomic E-state index is 0.0780. The maximum absolute atomic E-state index is 12.4. The monoisotopic (exact) mass is 365 g/mol. The number of halogens is 1. The van der Waals surface area contributed by atoms with Gasteiger partial charge in [0.1, 0.15) is 5.75 Å². The van der Waals surface area contributed by atoms with E-state index in [1.807, 2.05) is 49.4 Å². The van der Waals surface area contributed by atoms with E-state index in [1.165, 1.54) is 5.56 Å². The summed E-state index contributed by atoms with van der Waals surface area (Å²) in [5.74, 6) is 1.18. The Balaban J connectivity index is 1.67. The Labute approximate surface area is 158 Å². The molecule has 0 atom stereocenters. The first-order valence-electron chi connectivity index (χ1n) is 8.48. The highest BCUT2D eigenvalue weighted by Gasteiger charge is 2.10. The Morgan fingerprint density at radius 1 is 1.00 bits per heavy atom. The summed E-state index contributed by atoms with van der Waals surface area (Å²) in [6, 6.07) is 22.8. The highest BCUT2D eigenvalue weighted by molar-refractivity contribution is 6.31. The summed E-state index contributed by atoms with van der Waals surface area (Å²) >= 11 is 6.08. The minimum Gasteiger partial charge on any atom is -0.455 e. The van der Waals surface area contributed by atoms with Crippen LogP contribution in [0.3, 0.4) is 0 Å². The Bertz CT molecular complexity index is 876. The number of ether oxygens (including phenoxy) is 1. The molecule has 1 amide bonds. The Kier molecular flexibility index (Phi) is 5.92. The largest absolute Gasteiger partial charge is 0.455 e. The molecule has 0 heterocycles. The highest BCUT2D eigenvalue weighted by atomic mass is 35.5. The van der Waals surface area contributed by atoms with E-state index in [0.29, 0.717) is 35.1 Å². The number of anilines is 1. The van der Waals surface area contributed by atoms with Crippen molar-refractivity contribution in [2.75, 3.05) is 5.32 Å². The average Bonchev–Trinajstić information content (AvgIpc) is 2.64. The Hall–Kier alpha value is -2.78. The van der Waals surface area contributed by atoms with Crippen molar-refractivity contribution in [1.82, 2.24) is 0 Å². The number of benzene rings is 3. The van der Waals surface area contributed by atoms with Crippen LogP contribution >= 0.6 is 11.6 Å². The van der Waals surface area contributed by atoms with Gasteiger partial charge in [-0.3, -0.25) is 4.79 Å². The third-order valence-corrected chi connectivity index (χ3v) is 4.18. The van der Waals surface area contributed by atoms with Crippen molar-refractivity contribution < 1.29 is 9.53 Å². The van der Waals surface area contributed by atoms with Gasteiger partial charge in [-0.25, -0.2) is 0 Å². The summed E-state index contributed by atoms with van der Waals surface area (Å²) < 4.78 is 5.87. The molecule has 3 aromatic rings. The topological polar surface area (TPSA) is 38.3 Å². The van der Waals surface area contributed by atoms with Gasteiger partial charge in [-0.05, 0) is 49.2 Å². The third-order valence-electron chi connectivity index (χ3n) is 3.95. The van der Waals surface area contributed by atoms with Crippen LogP contribution in [0.1, 0.15) is 17.5 Å². The molecule has 1 N–H and O–H groups in total. The number of nitrogens with one attached hydrogen (secondary N) is 1. The molecule has 3 rings (SSSR count). The quantitative estimate of drug-likeness (QED) is 0.580. The molecule has 4 heteroatoms. The van der Waals surface area contributed by atoms with Crippen LogP contribution < -0.4 is 10.1 Å². The van der Waals surface area contributed by atoms with Gasteiger partial charge < -0.3 is 10.1 Å². The maximum atomic E-state index is 12.4. The summed E-state index contributed by atoms with van der Waals surface area (Å²) in [7, 11) is 0. The molecular weight excluding hydrogens is 346 g/mol. The number of carbonyl (C=O) groups is 1. The predicted molar refractivity (Wildman–Crippen MR) is 106 cm³/mol. The molecule has 0 aliphatic carbocycles. The second-order valence-electron chi connectivity index (χ2n) is 6.09. The molecule has 0 saturated carbocycles. The molecule has 0 radical (unpaired) electrons. The van der Waals surface area contributed by atoms with Crippen molar-refractivity contribution in [1.29, 1.82) is 0 Å². The fourth-order valence-corrected chi connectivity index (χ4v) is 2.70. The lowest BCUT2D eigenvalue weighted by Gasteiger charge is -2.13. The Morgan fingerprint density at radius 3 is 2.46 bits per heavy atom. The first kappa shape index (κ1) is 18.0. The first-order chi connectivity index (χ1) is 12.6. The second kappa shape index (κ2) is 8.54. The summed E-state index contributed by atoms with van der Waals surface area (Å²) in [6.07, 6.45) is 1.07. The molecule has 0 saturated heterocycles. The van der Waals surface area contributed by atoms with Crippen LogP contribution in [-0.2, 0) is 11.2 Å². The van der Waals surface area contributed by atoms with E-state index < -0.39 is 0 Å². The number of amides is 1. The van der Waals surface area contributed by atoms with Gasteiger partial charge in [0.2, 0.25) is 5.91 Å². The fraction of sp³-hybridized carbons (Fsp3) is 0.136. The normalized spacial score (nSPS) is 10.4. The van der Waals surface area contributed by atoms with Crippen molar-refractivity contribution >= 4 is 23.2 Å². The molecule has 0 fully saturated rings. The van der Waals surface area contributed by atoms with E-state index in [4.69, 9.17) is 16.3 Å². The first-order valence-corrected chi connectivity index (χ1v) is 8.86. The molecule has 0 spiro atoms. The van der Waals surface area contributed by atoms with Crippen LogP contribution in [0, 0.1) is 6.92 Å². The molecule has 0 unspecified atom stereocenters. The van der Waals surface area contributed by atoms with E-state index in [1.54, 1.807) is 18.2 Å². The Morgan fingerprint density at radius 2 is 1.73 bits per heavy atom. The highest BCUT2D eigenvalue weighted by Crippen LogP contribution is 2.32. The number of para-hydroxylation sites is 1. The van der Waals surface area contributed by atoms with E-state index >= 15 is 0 Å². The SMILES string of the molecule is Cc1ccc(CCC(=O)Nc2cc(Cl)ccc2Oc2ccccc2)cc1. The third kappa shape index (κ3) is 5.11. The van der Waals surface area contributed by atoms with Crippen molar-refractivity contribution in [3.05, 3.63) is 88.9 Å². The molecule has 0 aromatic heterocycles. The lowest BCUT2D eigenvalue weighted by Crippen LogP contribution is -2.13. The van der Waals surface area contributed by atoms with Gasteiger partial charge >= 0.3 is 0 Å². The lowest BCUT2D eigenvalue weighted by atomic mass is 10.1. The van der Waals surface area contributed by atoms with Crippen LogP contribution in [0.15, 0.2) is 72.8 Å². The van der Waals surface area contributed by atoms with E-state index in [0.717, 1.165) is 5.56 Å². The molecule has 0 bridgehead atoms. The van der Waals surface area contributed by atoms with Crippen LogP contribution in [0.2, 0.25) is 5.02 Å².